The number of carbonyl (C=O) groups is 1. The van der Waals surface area contributed by atoms with Crippen LogP contribution in [0.2, 0.25) is 0 Å². The number of aliphatic hydroxyl groups is 1. The lowest BCUT2D eigenvalue weighted by atomic mass is 9.75. The SMILES string of the molecule is COc1cccc(C2(O)CCN(C(=O)Nc3ccc4ccccc4c3)CC2CN(C)C)c1.Cl. The maximum Gasteiger partial charge on any atom is 0.321 e. The number of urea groups is 1. The van der Waals surface area contributed by atoms with Crippen LogP contribution in [-0.4, -0.2) is 61.8 Å². The highest BCUT2D eigenvalue weighted by Gasteiger charge is 2.44. The molecule has 1 fully saturated rings. The molecule has 176 valence electrons. The summed E-state index contributed by atoms with van der Waals surface area (Å²) in [5, 5.41) is 17.0. The van der Waals surface area contributed by atoms with Crippen molar-refractivity contribution < 1.29 is 14.6 Å². The molecule has 2 amide bonds. The predicted molar refractivity (Wildman–Crippen MR) is 135 cm³/mol. The fourth-order valence-electron chi connectivity index (χ4n) is 4.59. The van der Waals surface area contributed by atoms with Gasteiger partial charge in [0, 0.05) is 31.2 Å². The Morgan fingerprint density at radius 3 is 2.61 bits per heavy atom. The molecule has 0 bridgehead atoms. The van der Waals surface area contributed by atoms with E-state index in [1.165, 1.54) is 0 Å². The molecule has 2 atom stereocenters. The fourth-order valence-corrected chi connectivity index (χ4v) is 4.59. The minimum atomic E-state index is -1.03. The van der Waals surface area contributed by atoms with Crippen molar-refractivity contribution in [3.63, 3.8) is 0 Å². The molecule has 1 saturated heterocycles. The third-order valence-corrected chi connectivity index (χ3v) is 6.32. The van der Waals surface area contributed by atoms with Gasteiger partial charge in [0.05, 0.1) is 12.7 Å². The number of methoxy groups -OCH3 is 1. The van der Waals surface area contributed by atoms with Crippen molar-refractivity contribution in [3.05, 3.63) is 72.3 Å². The standard InChI is InChI=1S/C26H31N3O3.ClH/c1-28(2)17-22-18-29(14-13-26(22,31)21-9-6-10-24(16-21)32-3)25(30)27-23-12-11-19-7-4-5-8-20(19)15-23;/h4-12,15-16,22,31H,13-14,17-18H2,1-3H3,(H,27,30);1H. The minimum absolute atomic E-state index is 0. The van der Waals surface area contributed by atoms with Crippen molar-refractivity contribution in [1.82, 2.24) is 9.80 Å². The Balaban J connectivity index is 0.00000306. The summed E-state index contributed by atoms with van der Waals surface area (Å²) in [6, 6.07) is 21.5. The van der Waals surface area contributed by atoms with Gasteiger partial charge in [-0.1, -0.05) is 42.5 Å². The Kier molecular flexibility index (Phi) is 7.84. The number of likely N-dealkylation sites (tertiary alicyclic amines) is 1. The summed E-state index contributed by atoms with van der Waals surface area (Å²) in [6.45, 7) is 1.59. The van der Waals surface area contributed by atoms with E-state index in [1.807, 2.05) is 74.8 Å². The maximum atomic E-state index is 13.1. The van der Waals surface area contributed by atoms with Crippen LogP contribution in [0.4, 0.5) is 10.5 Å². The van der Waals surface area contributed by atoms with Crippen LogP contribution in [0, 0.1) is 5.92 Å². The summed E-state index contributed by atoms with van der Waals surface area (Å²) >= 11 is 0. The van der Waals surface area contributed by atoms with E-state index in [0.29, 0.717) is 26.1 Å². The van der Waals surface area contributed by atoms with Crippen LogP contribution in [0.1, 0.15) is 12.0 Å². The van der Waals surface area contributed by atoms with Crippen LogP contribution in [0.25, 0.3) is 10.8 Å². The molecule has 1 heterocycles. The third-order valence-electron chi connectivity index (χ3n) is 6.32. The van der Waals surface area contributed by atoms with Crippen molar-refractivity contribution in [2.45, 2.75) is 12.0 Å². The first kappa shape index (κ1) is 24.8. The molecular weight excluding hydrogens is 438 g/mol. The van der Waals surface area contributed by atoms with E-state index >= 15 is 0 Å². The maximum absolute atomic E-state index is 13.1. The number of nitrogens with one attached hydrogen (secondary N) is 1. The first-order chi connectivity index (χ1) is 15.4. The van der Waals surface area contributed by atoms with Crippen LogP contribution in [0.5, 0.6) is 5.75 Å². The summed E-state index contributed by atoms with van der Waals surface area (Å²) in [5.74, 6) is 0.580. The van der Waals surface area contributed by atoms with E-state index in [-0.39, 0.29) is 24.4 Å². The number of carbonyl (C=O) groups excluding carboxylic acids is 1. The molecule has 3 aromatic rings. The highest BCUT2D eigenvalue weighted by molar-refractivity contribution is 5.93. The molecule has 0 aromatic heterocycles. The number of piperidine rings is 1. The van der Waals surface area contributed by atoms with E-state index in [4.69, 9.17) is 4.74 Å². The molecule has 4 rings (SSSR count). The largest absolute Gasteiger partial charge is 0.497 e. The number of benzene rings is 3. The van der Waals surface area contributed by atoms with Crippen molar-refractivity contribution in [1.29, 1.82) is 0 Å². The number of hydrogen-bond donors (Lipinski definition) is 2. The Hall–Kier alpha value is -2.80. The van der Waals surface area contributed by atoms with Crippen LogP contribution in [0.3, 0.4) is 0 Å². The number of rotatable bonds is 5. The molecule has 7 heteroatoms. The lowest BCUT2D eigenvalue weighted by Crippen LogP contribution is -2.55. The highest BCUT2D eigenvalue weighted by Crippen LogP contribution is 2.39. The Morgan fingerprint density at radius 2 is 1.88 bits per heavy atom. The van der Waals surface area contributed by atoms with Gasteiger partial charge < -0.3 is 25.0 Å². The zero-order valence-electron chi connectivity index (χ0n) is 19.3. The van der Waals surface area contributed by atoms with Gasteiger partial charge in [0.1, 0.15) is 5.75 Å². The number of anilines is 1. The Bertz CT molecular complexity index is 1110. The summed E-state index contributed by atoms with van der Waals surface area (Å²) < 4.78 is 5.37. The average Bonchev–Trinajstić information content (AvgIpc) is 2.80. The summed E-state index contributed by atoms with van der Waals surface area (Å²) in [4.78, 5) is 16.9. The van der Waals surface area contributed by atoms with Gasteiger partial charge in [-0.15, -0.1) is 12.4 Å². The van der Waals surface area contributed by atoms with Crippen LogP contribution in [0.15, 0.2) is 66.7 Å². The minimum Gasteiger partial charge on any atom is -0.497 e. The first-order valence-electron chi connectivity index (χ1n) is 11.0. The quantitative estimate of drug-likeness (QED) is 0.574. The number of amides is 2. The van der Waals surface area contributed by atoms with Gasteiger partial charge in [0.15, 0.2) is 0 Å². The normalized spacial score (nSPS) is 20.4. The summed E-state index contributed by atoms with van der Waals surface area (Å²) in [5.41, 5.74) is 0.572. The number of ether oxygens (including phenoxy) is 1. The average molecular weight is 470 g/mol. The zero-order chi connectivity index (χ0) is 22.7. The highest BCUT2D eigenvalue weighted by atomic mass is 35.5. The van der Waals surface area contributed by atoms with Crippen molar-refractivity contribution in [2.75, 3.05) is 46.2 Å². The lowest BCUT2D eigenvalue weighted by molar-refractivity contribution is -0.0750. The van der Waals surface area contributed by atoms with Crippen molar-refractivity contribution >= 4 is 34.9 Å². The Morgan fingerprint density at radius 1 is 1.12 bits per heavy atom. The van der Waals surface area contributed by atoms with Gasteiger partial charge in [-0.25, -0.2) is 4.79 Å². The number of fused-ring (bicyclic) bond motifs is 1. The molecule has 1 aliphatic rings. The molecule has 1 aliphatic heterocycles. The van der Waals surface area contributed by atoms with Gasteiger partial charge in [-0.3, -0.25) is 0 Å². The van der Waals surface area contributed by atoms with Crippen molar-refractivity contribution in [2.24, 2.45) is 5.92 Å². The van der Waals surface area contributed by atoms with Crippen LogP contribution in [-0.2, 0) is 5.60 Å². The van der Waals surface area contributed by atoms with E-state index < -0.39 is 5.60 Å². The molecule has 0 aliphatic carbocycles. The van der Waals surface area contributed by atoms with Gasteiger partial charge >= 0.3 is 6.03 Å². The molecular formula is C26H32ClN3O3. The second kappa shape index (κ2) is 10.4. The van der Waals surface area contributed by atoms with Crippen LogP contribution < -0.4 is 10.1 Å². The van der Waals surface area contributed by atoms with E-state index in [2.05, 4.69) is 16.3 Å². The Labute approximate surface area is 201 Å². The first-order valence-corrected chi connectivity index (χ1v) is 11.0. The summed E-state index contributed by atoms with van der Waals surface area (Å²) in [7, 11) is 5.60. The van der Waals surface area contributed by atoms with Gasteiger partial charge in [-0.2, -0.15) is 0 Å². The van der Waals surface area contributed by atoms with Crippen LogP contribution >= 0.6 is 12.4 Å². The molecule has 0 radical (unpaired) electrons. The number of nitrogens with zero attached hydrogens (tertiary/aromatic N) is 2. The monoisotopic (exact) mass is 469 g/mol. The lowest BCUT2D eigenvalue weighted by Gasteiger charge is -2.45. The molecule has 0 saturated carbocycles. The van der Waals surface area contributed by atoms with E-state index in [1.54, 1.807) is 12.0 Å². The van der Waals surface area contributed by atoms with Gasteiger partial charge in [-0.05, 0) is 61.1 Å². The van der Waals surface area contributed by atoms with Gasteiger partial charge in [0.25, 0.3) is 0 Å². The van der Waals surface area contributed by atoms with E-state index in [9.17, 15) is 9.90 Å². The molecule has 33 heavy (non-hydrogen) atoms. The second-order valence-corrected chi connectivity index (χ2v) is 8.80. The molecule has 2 N–H and O–H groups in total. The predicted octanol–water partition coefficient (Wildman–Crippen LogP) is 4.57. The second-order valence-electron chi connectivity index (χ2n) is 8.80. The number of hydrogen-bond acceptors (Lipinski definition) is 4. The third kappa shape index (κ3) is 5.41. The number of halogens is 1. The van der Waals surface area contributed by atoms with E-state index in [0.717, 1.165) is 27.8 Å². The fraction of sp³-hybridized carbons (Fsp3) is 0.346. The topological polar surface area (TPSA) is 65.0 Å². The van der Waals surface area contributed by atoms with Crippen molar-refractivity contribution in [3.8, 4) is 5.75 Å². The molecule has 3 aromatic carbocycles. The summed E-state index contributed by atoms with van der Waals surface area (Å²) in [6.07, 6.45) is 0.462. The molecule has 0 spiro atoms. The molecule has 2 unspecified atom stereocenters. The molecule has 6 nitrogen and oxygen atoms in total. The smallest absolute Gasteiger partial charge is 0.321 e. The zero-order valence-corrected chi connectivity index (χ0v) is 20.1. The van der Waals surface area contributed by atoms with Gasteiger partial charge in [0.2, 0.25) is 0 Å².